The average molecular weight is 699 g/mol. The maximum Gasteiger partial charge on any atom is 0.490 e. The first kappa shape index (κ1) is 36.4. The van der Waals surface area contributed by atoms with Crippen LogP contribution in [0.1, 0.15) is 34.0 Å². The highest BCUT2D eigenvalue weighted by atomic mass is 32.2. The van der Waals surface area contributed by atoms with E-state index in [2.05, 4.69) is 33.6 Å². The van der Waals surface area contributed by atoms with Crippen LogP contribution in [-0.4, -0.2) is 59.9 Å². The molecule has 5 rings (SSSR count). The molecular formula is C33H33F3N6O6S. The van der Waals surface area contributed by atoms with Crippen molar-refractivity contribution in [3.63, 3.8) is 0 Å². The molecule has 0 bridgehead atoms. The maximum absolute atomic E-state index is 12.4. The first-order valence-electron chi connectivity index (χ1n) is 14.6. The van der Waals surface area contributed by atoms with Crippen LogP contribution in [0.5, 0.6) is 5.75 Å². The van der Waals surface area contributed by atoms with Gasteiger partial charge in [0.1, 0.15) is 17.1 Å². The number of aromatic amines is 1. The third kappa shape index (κ3) is 9.11. The number of nitrogens with two attached hydrogens (primary N) is 1. The van der Waals surface area contributed by atoms with Gasteiger partial charge in [0.2, 0.25) is 0 Å². The van der Waals surface area contributed by atoms with Gasteiger partial charge in [0.15, 0.2) is 15.5 Å². The summed E-state index contributed by atoms with van der Waals surface area (Å²) in [4.78, 5) is 34.0. The van der Waals surface area contributed by atoms with E-state index >= 15 is 0 Å². The first-order chi connectivity index (χ1) is 23.1. The van der Waals surface area contributed by atoms with Crippen LogP contribution >= 0.6 is 0 Å². The number of rotatable bonds is 11. The zero-order chi connectivity index (χ0) is 35.9. The summed E-state index contributed by atoms with van der Waals surface area (Å²) in [6, 6.07) is 20.3. The highest BCUT2D eigenvalue weighted by Crippen LogP contribution is 2.33. The molecule has 0 aliphatic rings. The number of carboxylic acids is 1. The Balaban J connectivity index is 0.000000698. The Bertz CT molecular complexity index is 2070. The van der Waals surface area contributed by atoms with Crippen LogP contribution in [0.3, 0.4) is 0 Å². The lowest BCUT2D eigenvalue weighted by Crippen LogP contribution is -2.21. The summed E-state index contributed by atoms with van der Waals surface area (Å²) in [6.07, 6.45) is -1.70. The molecule has 49 heavy (non-hydrogen) atoms. The molecule has 0 unspecified atom stereocenters. The van der Waals surface area contributed by atoms with Crippen LogP contribution in [0.25, 0.3) is 22.6 Å². The molecule has 0 aliphatic carbocycles. The molecule has 0 atom stereocenters. The second-order valence-corrected chi connectivity index (χ2v) is 12.7. The predicted molar refractivity (Wildman–Crippen MR) is 177 cm³/mol. The molecular weight excluding hydrogens is 665 g/mol. The Morgan fingerprint density at radius 3 is 2.22 bits per heavy atom. The number of amides is 1. The van der Waals surface area contributed by atoms with Gasteiger partial charge in [0.05, 0.1) is 23.3 Å². The van der Waals surface area contributed by atoms with E-state index in [-0.39, 0.29) is 5.56 Å². The molecule has 0 aliphatic heterocycles. The van der Waals surface area contributed by atoms with E-state index in [9.17, 15) is 26.4 Å². The minimum atomic E-state index is -5.08. The van der Waals surface area contributed by atoms with Gasteiger partial charge < -0.3 is 31.2 Å². The molecule has 2 aromatic heterocycles. The van der Waals surface area contributed by atoms with Crippen LogP contribution in [0.4, 0.5) is 24.5 Å². The second kappa shape index (κ2) is 15.2. The van der Waals surface area contributed by atoms with E-state index in [1.54, 1.807) is 19.2 Å². The number of nitrogens with one attached hydrogen (secondary N) is 3. The Hall–Kier alpha value is -5.48. The van der Waals surface area contributed by atoms with Crippen molar-refractivity contribution in [1.29, 1.82) is 0 Å². The minimum absolute atomic E-state index is 0.235. The van der Waals surface area contributed by atoms with Crippen molar-refractivity contribution in [3.8, 4) is 17.1 Å². The fourth-order valence-corrected chi connectivity index (χ4v) is 5.45. The number of aliphatic carboxylic acids is 1. The maximum atomic E-state index is 12.4. The molecule has 0 saturated carbocycles. The third-order valence-electron chi connectivity index (χ3n) is 7.27. The topological polar surface area (TPSA) is 189 Å². The molecule has 2 heterocycles. The Labute approximate surface area is 279 Å². The molecule has 0 fully saturated rings. The number of sulfone groups is 1. The molecule has 16 heteroatoms. The Morgan fingerprint density at radius 1 is 1.02 bits per heavy atom. The zero-order valence-corrected chi connectivity index (χ0v) is 27.4. The number of imidazole rings is 1. The molecule has 3 aromatic carbocycles. The van der Waals surface area contributed by atoms with E-state index in [0.717, 1.165) is 40.1 Å². The number of primary amides is 1. The number of nitrogens with zero attached hydrogens (tertiary/aromatic N) is 2. The minimum Gasteiger partial charge on any atom is -0.497 e. The van der Waals surface area contributed by atoms with E-state index in [1.165, 1.54) is 12.5 Å². The molecule has 0 spiro atoms. The SMILES string of the molecule is CCc1c(CNCc2ccc(S(C)(=O)=O)cc2)cccc1Nc1c(C(N)=O)cnc2[nH]c(-c3ccc(OC)cc3)nc12.O=C(O)C(F)(F)F. The van der Waals surface area contributed by atoms with Crippen molar-refractivity contribution in [3.05, 3.63) is 95.2 Å². The van der Waals surface area contributed by atoms with E-state index < -0.39 is 27.9 Å². The summed E-state index contributed by atoms with van der Waals surface area (Å²) in [5, 5.41) is 14.0. The van der Waals surface area contributed by atoms with E-state index in [0.29, 0.717) is 40.7 Å². The fraction of sp³-hybridized carbons (Fsp3) is 0.212. The number of carbonyl (C=O) groups is 2. The summed E-state index contributed by atoms with van der Waals surface area (Å²) >= 11 is 0. The second-order valence-electron chi connectivity index (χ2n) is 10.7. The van der Waals surface area contributed by atoms with Crippen molar-refractivity contribution >= 4 is 44.3 Å². The van der Waals surface area contributed by atoms with Gasteiger partial charge in [-0.25, -0.2) is 23.2 Å². The molecule has 258 valence electrons. The van der Waals surface area contributed by atoms with Gasteiger partial charge in [-0.2, -0.15) is 13.2 Å². The van der Waals surface area contributed by atoms with Crippen LogP contribution in [-0.2, 0) is 34.1 Å². The van der Waals surface area contributed by atoms with Gasteiger partial charge >= 0.3 is 12.1 Å². The Kier molecular flexibility index (Phi) is 11.3. The monoisotopic (exact) mass is 698 g/mol. The molecule has 6 N–H and O–H groups in total. The highest BCUT2D eigenvalue weighted by molar-refractivity contribution is 7.90. The van der Waals surface area contributed by atoms with Crippen molar-refractivity contribution < 1.29 is 41.0 Å². The number of fused-ring (bicyclic) bond motifs is 1. The number of carboxylic acid groups (broad SMARTS) is 1. The van der Waals surface area contributed by atoms with Crippen molar-refractivity contribution in [1.82, 2.24) is 20.3 Å². The number of methoxy groups -OCH3 is 1. The van der Waals surface area contributed by atoms with Crippen LogP contribution in [0.2, 0.25) is 0 Å². The van der Waals surface area contributed by atoms with Crippen molar-refractivity contribution in [2.45, 2.75) is 37.5 Å². The summed E-state index contributed by atoms with van der Waals surface area (Å²) in [5.41, 5.74) is 12.3. The highest BCUT2D eigenvalue weighted by Gasteiger charge is 2.38. The number of hydrogen-bond donors (Lipinski definition) is 5. The quantitative estimate of drug-likeness (QED) is 0.120. The lowest BCUT2D eigenvalue weighted by molar-refractivity contribution is -0.192. The van der Waals surface area contributed by atoms with Gasteiger partial charge in [-0.3, -0.25) is 4.79 Å². The number of benzene rings is 3. The molecule has 0 saturated heterocycles. The van der Waals surface area contributed by atoms with Gasteiger partial charge in [0.25, 0.3) is 5.91 Å². The van der Waals surface area contributed by atoms with Gasteiger partial charge in [-0.15, -0.1) is 0 Å². The van der Waals surface area contributed by atoms with Crippen LogP contribution in [0, 0.1) is 0 Å². The lowest BCUT2D eigenvalue weighted by Gasteiger charge is -2.17. The number of anilines is 2. The molecule has 0 radical (unpaired) electrons. The van der Waals surface area contributed by atoms with E-state index in [1.807, 2.05) is 48.5 Å². The van der Waals surface area contributed by atoms with Gasteiger partial charge in [-0.05, 0) is 65.6 Å². The smallest absolute Gasteiger partial charge is 0.490 e. The van der Waals surface area contributed by atoms with Crippen LogP contribution in [0.15, 0.2) is 77.8 Å². The number of H-pyrrole nitrogens is 1. The summed E-state index contributed by atoms with van der Waals surface area (Å²) in [7, 11) is -1.62. The normalized spacial score (nSPS) is 11.5. The number of halogens is 3. The predicted octanol–water partition coefficient (Wildman–Crippen LogP) is 5.37. The standard InChI is InChI=1S/C31H32N6O4S.C2HF3O2/c1-4-24-21(17-33-16-19-8-14-23(15-9-19)42(3,39)40)6-5-7-26(24)35-27-25(29(32)38)18-34-31-28(27)36-30(37-31)20-10-12-22(41-2)13-11-20;3-2(4,5)1(6)7/h5-15,18,33H,4,16-17H2,1-3H3,(H2,32,38)(H2,34,35,36,37);(H,6,7). The average Bonchev–Trinajstić information content (AvgIpc) is 3.50. The number of aromatic nitrogens is 3. The summed E-state index contributed by atoms with van der Waals surface area (Å²) < 4.78 is 60.5. The third-order valence-corrected chi connectivity index (χ3v) is 8.40. The first-order valence-corrected chi connectivity index (χ1v) is 16.5. The Morgan fingerprint density at radius 2 is 1.67 bits per heavy atom. The fourth-order valence-electron chi connectivity index (χ4n) is 4.82. The number of alkyl halides is 3. The number of hydrogen-bond acceptors (Lipinski definition) is 9. The lowest BCUT2D eigenvalue weighted by atomic mass is 10.0. The van der Waals surface area contributed by atoms with Gasteiger partial charge in [0, 0.05) is 36.8 Å². The summed E-state index contributed by atoms with van der Waals surface area (Å²) in [6.45, 7) is 3.23. The molecule has 12 nitrogen and oxygen atoms in total. The number of carbonyl (C=O) groups excluding carboxylic acids is 1. The zero-order valence-electron chi connectivity index (χ0n) is 26.6. The summed E-state index contributed by atoms with van der Waals surface area (Å²) in [5.74, 6) is -2.04. The van der Waals surface area contributed by atoms with Crippen LogP contribution < -0.4 is 21.1 Å². The molecule has 5 aromatic rings. The molecule has 1 amide bonds. The number of ether oxygens (including phenoxy) is 1. The van der Waals surface area contributed by atoms with Crippen molar-refractivity contribution in [2.75, 3.05) is 18.7 Å². The van der Waals surface area contributed by atoms with E-state index in [4.69, 9.17) is 25.4 Å². The number of pyridine rings is 1. The van der Waals surface area contributed by atoms with Gasteiger partial charge in [-0.1, -0.05) is 31.2 Å². The largest absolute Gasteiger partial charge is 0.497 e. The van der Waals surface area contributed by atoms with Crippen molar-refractivity contribution in [2.24, 2.45) is 5.73 Å².